The van der Waals surface area contributed by atoms with E-state index in [0.29, 0.717) is 16.6 Å². The Bertz CT molecular complexity index is 435. The fraction of sp³-hybridized carbons (Fsp3) is 0.462. The van der Waals surface area contributed by atoms with Gasteiger partial charge >= 0.3 is 0 Å². The van der Waals surface area contributed by atoms with Crippen LogP contribution in [0.25, 0.3) is 0 Å². The summed E-state index contributed by atoms with van der Waals surface area (Å²) in [6.07, 6.45) is 1.06. The third-order valence-electron chi connectivity index (χ3n) is 3.05. The first-order chi connectivity index (χ1) is 8.26. The molecule has 0 saturated carbocycles. The minimum absolute atomic E-state index is 0.487. The summed E-state index contributed by atoms with van der Waals surface area (Å²) in [5, 5.41) is 13.1. The standard InChI is InChI=1S/C13H16ClN3/c1-2-5-17(12-8-16-9-12)13-6-11(14)4-3-10(13)7-15/h3-4,6,12,16H,2,5,8-9H2,1H3. The number of benzene rings is 1. The van der Waals surface area contributed by atoms with Crippen LogP contribution in [0, 0.1) is 11.3 Å². The van der Waals surface area contributed by atoms with Gasteiger partial charge in [-0.05, 0) is 24.6 Å². The molecule has 1 N–H and O–H groups in total. The number of nitrogens with zero attached hydrogens (tertiary/aromatic N) is 2. The molecule has 0 spiro atoms. The largest absolute Gasteiger partial charge is 0.365 e. The first kappa shape index (κ1) is 12.2. The summed E-state index contributed by atoms with van der Waals surface area (Å²) in [4.78, 5) is 2.29. The molecule has 1 aromatic rings. The molecule has 1 fully saturated rings. The van der Waals surface area contributed by atoms with Gasteiger partial charge < -0.3 is 10.2 Å². The van der Waals surface area contributed by atoms with Gasteiger partial charge in [-0.2, -0.15) is 5.26 Å². The molecule has 4 heteroatoms. The van der Waals surface area contributed by atoms with Crippen molar-refractivity contribution in [2.24, 2.45) is 0 Å². The van der Waals surface area contributed by atoms with Crippen molar-refractivity contribution in [3.63, 3.8) is 0 Å². The van der Waals surface area contributed by atoms with Gasteiger partial charge in [0, 0.05) is 24.7 Å². The molecule has 17 heavy (non-hydrogen) atoms. The van der Waals surface area contributed by atoms with E-state index in [1.807, 2.05) is 6.07 Å². The molecule has 0 aliphatic carbocycles. The maximum atomic E-state index is 9.16. The van der Waals surface area contributed by atoms with Crippen molar-refractivity contribution in [2.75, 3.05) is 24.5 Å². The quantitative estimate of drug-likeness (QED) is 0.891. The van der Waals surface area contributed by atoms with Gasteiger partial charge in [0.25, 0.3) is 0 Å². The zero-order chi connectivity index (χ0) is 12.3. The molecule has 90 valence electrons. The number of nitrogens with one attached hydrogen (secondary N) is 1. The molecule has 1 aliphatic rings. The van der Waals surface area contributed by atoms with Crippen LogP contribution in [0.3, 0.4) is 0 Å². The first-order valence-corrected chi connectivity index (χ1v) is 6.31. The summed E-state index contributed by atoms with van der Waals surface area (Å²) in [7, 11) is 0. The molecule has 0 unspecified atom stereocenters. The van der Waals surface area contributed by atoms with Crippen molar-refractivity contribution < 1.29 is 0 Å². The van der Waals surface area contributed by atoms with Gasteiger partial charge in [0.15, 0.2) is 0 Å². The van der Waals surface area contributed by atoms with Crippen LogP contribution in [0.1, 0.15) is 18.9 Å². The number of hydrogen-bond donors (Lipinski definition) is 1. The molecule has 0 bridgehead atoms. The fourth-order valence-electron chi connectivity index (χ4n) is 2.07. The second kappa shape index (κ2) is 5.39. The topological polar surface area (TPSA) is 39.1 Å². The van der Waals surface area contributed by atoms with Crippen molar-refractivity contribution >= 4 is 17.3 Å². The molecular weight excluding hydrogens is 234 g/mol. The van der Waals surface area contributed by atoms with Gasteiger partial charge in [0.05, 0.1) is 17.3 Å². The highest BCUT2D eigenvalue weighted by molar-refractivity contribution is 6.30. The maximum absolute atomic E-state index is 9.16. The van der Waals surface area contributed by atoms with Gasteiger partial charge in [-0.3, -0.25) is 0 Å². The van der Waals surface area contributed by atoms with E-state index < -0.39 is 0 Å². The van der Waals surface area contributed by atoms with Gasteiger partial charge in [0.1, 0.15) is 6.07 Å². The van der Waals surface area contributed by atoms with Crippen LogP contribution in [-0.4, -0.2) is 25.7 Å². The van der Waals surface area contributed by atoms with Crippen molar-refractivity contribution in [2.45, 2.75) is 19.4 Å². The van der Waals surface area contributed by atoms with E-state index in [4.69, 9.17) is 16.9 Å². The highest BCUT2D eigenvalue weighted by Gasteiger charge is 2.25. The second-order valence-electron chi connectivity index (χ2n) is 4.28. The van der Waals surface area contributed by atoms with Gasteiger partial charge in [-0.15, -0.1) is 0 Å². The Labute approximate surface area is 107 Å². The lowest BCUT2D eigenvalue weighted by molar-refractivity contribution is 0.412. The van der Waals surface area contributed by atoms with Crippen molar-refractivity contribution in [3.8, 4) is 6.07 Å². The molecule has 1 saturated heterocycles. The lowest BCUT2D eigenvalue weighted by Crippen LogP contribution is -2.57. The van der Waals surface area contributed by atoms with Crippen molar-refractivity contribution in [3.05, 3.63) is 28.8 Å². The zero-order valence-electron chi connectivity index (χ0n) is 9.91. The van der Waals surface area contributed by atoms with Crippen LogP contribution < -0.4 is 10.2 Å². The summed E-state index contributed by atoms with van der Waals surface area (Å²) < 4.78 is 0. The summed E-state index contributed by atoms with van der Waals surface area (Å²) in [6.45, 7) is 5.08. The molecule has 0 aromatic heterocycles. The molecule has 1 aliphatic heterocycles. The third-order valence-corrected chi connectivity index (χ3v) is 3.29. The molecule has 3 nitrogen and oxygen atoms in total. The minimum atomic E-state index is 0.487. The van der Waals surface area contributed by atoms with Gasteiger partial charge in [-0.1, -0.05) is 18.5 Å². The van der Waals surface area contributed by atoms with Crippen LogP contribution in [0.15, 0.2) is 18.2 Å². The SMILES string of the molecule is CCCN(c1cc(Cl)ccc1C#N)C1CNC1. The molecule has 0 radical (unpaired) electrons. The Morgan fingerprint density at radius 2 is 2.29 bits per heavy atom. The normalized spacial score (nSPS) is 15.1. The van der Waals surface area contributed by atoms with E-state index in [1.54, 1.807) is 12.1 Å². The maximum Gasteiger partial charge on any atom is 0.101 e. The summed E-state index contributed by atoms with van der Waals surface area (Å²) in [6, 6.07) is 8.20. The number of nitriles is 1. The van der Waals surface area contributed by atoms with E-state index in [1.165, 1.54) is 0 Å². The van der Waals surface area contributed by atoms with E-state index in [0.717, 1.165) is 31.7 Å². The van der Waals surface area contributed by atoms with Crippen molar-refractivity contribution in [1.29, 1.82) is 5.26 Å². The van der Waals surface area contributed by atoms with E-state index in [9.17, 15) is 0 Å². The summed E-state index contributed by atoms with van der Waals surface area (Å²) >= 11 is 6.03. The average molecular weight is 250 g/mol. The smallest absolute Gasteiger partial charge is 0.101 e. The number of hydrogen-bond acceptors (Lipinski definition) is 3. The monoisotopic (exact) mass is 249 g/mol. The van der Waals surface area contributed by atoms with Crippen LogP contribution in [0.4, 0.5) is 5.69 Å². The van der Waals surface area contributed by atoms with Gasteiger partial charge in [0.2, 0.25) is 0 Å². The van der Waals surface area contributed by atoms with Crippen LogP contribution in [0.5, 0.6) is 0 Å². The first-order valence-electron chi connectivity index (χ1n) is 5.93. The minimum Gasteiger partial charge on any atom is -0.365 e. The summed E-state index contributed by atoms with van der Waals surface area (Å²) in [5.41, 5.74) is 1.67. The number of anilines is 1. The Kier molecular flexibility index (Phi) is 3.88. The Balaban J connectivity index is 2.33. The highest BCUT2D eigenvalue weighted by Crippen LogP contribution is 2.27. The predicted octanol–water partition coefficient (Wildman–Crippen LogP) is 2.40. The molecule has 0 atom stereocenters. The van der Waals surface area contributed by atoms with E-state index in [-0.39, 0.29) is 0 Å². The second-order valence-corrected chi connectivity index (χ2v) is 4.72. The third kappa shape index (κ3) is 2.54. The predicted molar refractivity (Wildman–Crippen MR) is 70.5 cm³/mol. The van der Waals surface area contributed by atoms with E-state index >= 15 is 0 Å². The van der Waals surface area contributed by atoms with Gasteiger partial charge in [-0.25, -0.2) is 0 Å². The Morgan fingerprint density at radius 1 is 1.53 bits per heavy atom. The Hall–Kier alpha value is -1.24. The highest BCUT2D eigenvalue weighted by atomic mass is 35.5. The average Bonchev–Trinajstić information content (AvgIpc) is 2.26. The Morgan fingerprint density at radius 3 is 2.82 bits per heavy atom. The molecule has 2 rings (SSSR count). The summed E-state index contributed by atoms with van der Waals surface area (Å²) in [5.74, 6) is 0. The fourth-order valence-corrected chi connectivity index (χ4v) is 2.24. The lowest BCUT2D eigenvalue weighted by atomic mass is 10.1. The van der Waals surface area contributed by atoms with Crippen LogP contribution >= 0.6 is 11.6 Å². The van der Waals surface area contributed by atoms with Crippen LogP contribution in [0.2, 0.25) is 5.02 Å². The zero-order valence-corrected chi connectivity index (χ0v) is 10.7. The lowest BCUT2D eigenvalue weighted by Gasteiger charge is -2.40. The number of halogens is 1. The molecule has 1 heterocycles. The molecular formula is C13H16ClN3. The number of rotatable bonds is 4. The van der Waals surface area contributed by atoms with Crippen LogP contribution in [-0.2, 0) is 0 Å². The molecule has 0 amide bonds. The molecule has 1 aromatic carbocycles. The van der Waals surface area contributed by atoms with Crippen molar-refractivity contribution in [1.82, 2.24) is 5.32 Å². The van der Waals surface area contributed by atoms with E-state index in [2.05, 4.69) is 23.2 Å².